The van der Waals surface area contributed by atoms with Gasteiger partial charge in [0.05, 0.1) is 7.11 Å². The second kappa shape index (κ2) is 8.98. The molecule has 0 heterocycles. The first-order chi connectivity index (χ1) is 9.17. The van der Waals surface area contributed by atoms with Crippen LogP contribution in [0.25, 0.3) is 0 Å². The third-order valence-corrected chi connectivity index (χ3v) is 3.39. The molecule has 0 saturated heterocycles. The SMILES string of the molecule is CCCNC(CCc1ccccc1OC)CC(C)C. The number of rotatable bonds is 9. The van der Waals surface area contributed by atoms with Crippen LogP contribution in [-0.2, 0) is 6.42 Å². The smallest absolute Gasteiger partial charge is 0.122 e. The largest absolute Gasteiger partial charge is 0.496 e. The van der Waals surface area contributed by atoms with Crippen LogP contribution in [0.3, 0.4) is 0 Å². The third kappa shape index (κ3) is 6.11. The molecule has 108 valence electrons. The van der Waals surface area contributed by atoms with E-state index in [-0.39, 0.29) is 0 Å². The van der Waals surface area contributed by atoms with Gasteiger partial charge in [-0.15, -0.1) is 0 Å². The summed E-state index contributed by atoms with van der Waals surface area (Å²) in [5.41, 5.74) is 1.32. The molecule has 1 aromatic rings. The summed E-state index contributed by atoms with van der Waals surface area (Å²) < 4.78 is 5.42. The molecule has 2 heteroatoms. The molecule has 0 aliphatic carbocycles. The lowest BCUT2D eigenvalue weighted by molar-refractivity contribution is 0.388. The Morgan fingerprint density at radius 3 is 2.58 bits per heavy atom. The Kier molecular flexibility index (Phi) is 7.57. The highest BCUT2D eigenvalue weighted by atomic mass is 16.5. The van der Waals surface area contributed by atoms with Crippen molar-refractivity contribution in [1.82, 2.24) is 5.32 Å². The normalized spacial score (nSPS) is 12.7. The fraction of sp³-hybridized carbons (Fsp3) is 0.647. The molecule has 1 aromatic carbocycles. The van der Waals surface area contributed by atoms with Crippen molar-refractivity contribution in [2.75, 3.05) is 13.7 Å². The van der Waals surface area contributed by atoms with Crippen molar-refractivity contribution in [3.05, 3.63) is 29.8 Å². The van der Waals surface area contributed by atoms with E-state index >= 15 is 0 Å². The molecule has 1 N–H and O–H groups in total. The maximum atomic E-state index is 5.42. The molecule has 0 bridgehead atoms. The minimum absolute atomic E-state index is 0.616. The highest BCUT2D eigenvalue weighted by molar-refractivity contribution is 5.33. The standard InChI is InChI=1S/C17H29NO/c1-5-12-18-16(13-14(2)3)11-10-15-8-6-7-9-17(15)19-4/h6-9,14,16,18H,5,10-13H2,1-4H3. The molecule has 19 heavy (non-hydrogen) atoms. The van der Waals surface area contributed by atoms with E-state index in [0.717, 1.165) is 24.6 Å². The van der Waals surface area contributed by atoms with E-state index < -0.39 is 0 Å². The quantitative estimate of drug-likeness (QED) is 0.726. The summed E-state index contributed by atoms with van der Waals surface area (Å²) in [7, 11) is 1.75. The highest BCUT2D eigenvalue weighted by Gasteiger charge is 2.11. The fourth-order valence-electron chi connectivity index (χ4n) is 2.46. The predicted molar refractivity (Wildman–Crippen MR) is 82.9 cm³/mol. The van der Waals surface area contributed by atoms with Gasteiger partial charge in [0.25, 0.3) is 0 Å². The highest BCUT2D eigenvalue weighted by Crippen LogP contribution is 2.20. The van der Waals surface area contributed by atoms with Gasteiger partial charge in [-0.1, -0.05) is 39.0 Å². The number of nitrogens with one attached hydrogen (secondary N) is 1. The molecule has 1 unspecified atom stereocenters. The van der Waals surface area contributed by atoms with E-state index in [4.69, 9.17) is 4.74 Å². The van der Waals surface area contributed by atoms with E-state index in [0.29, 0.717) is 6.04 Å². The van der Waals surface area contributed by atoms with E-state index in [9.17, 15) is 0 Å². The predicted octanol–water partition coefficient (Wildman–Crippen LogP) is 4.04. The van der Waals surface area contributed by atoms with Crippen molar-refractivity contribution in [2.45, 2.75) is 52.5 Å². The van der Waals surface area contributed by atoms with Crippen molar-refractivity contribution in [1.29, 1.82) is 0 Å². The molecule has 0 saturated carbocycles. The van der Waals surface area contributed by atoms with Crippen molar-refractivity contribution in [3.8, 4) is 5.75 Å². The van der Waals surface area contributed by atoms with Gasteiger partial charge in [0.2, 0.25) is 0 Å². The van der Waals surface area contributed by atoms with Gasteiger partial charge in [0.15, 0.2) is 0 Å². The average molecular weight is 263 g/mol. The molecule has 0 fully saturated rings. The van der Waals surface area contributed by atoms with Crippen molar-refractivity contribution in [3.63, 3.8) is 0 Å². The van der Waals surface area contributed by atoms with Crippen LogP contribution < -0.4 is 10.1 Å². The lowest BCUT2D eigenvalue weighted by Crippen LogP contribution is -2.31. The zero-order valence-electron chi connectivity index (χ0n) is 12.9. The van der Waals surface area contributed by atoms with Crippen molar-refractivity contribution < 1.29 is 4.74 Å². The molecular formula is C17H29NO. The van der Waals surface area contributed by atoms with Crippen LogP contribution >= 0.6 is 0 Å². The van der Waals surface area contributed by atoms with Crippen molar-refractivity contribution in [2.24, 2.45) is 5.92 Å². The van der Waals surface area contributed by atoms with E-state index in [1.54, 1.807) is 7.11 Å². The molecule has 0 aliphatic heterocycles. The van der Waals surface area contributed by atoms with Gasteiger partial charge in [0, 0.05) is 6.04 Å². The number of methoxy groups -OCH3 is 1. The number of ether oxygens (including phenoxy) is 1. The summed E-state index contributed by atoms with van der Waals surface area (Å²) in [5.74, 6) is 1.76. The van der Waals surface area contributed by atoms with Gasteiger partial charge in [-0.25, -0.2) is 0 Å². The van der Waals surface area contributed by atoms with Crippen LogP contribution in [0, 0.1) is 5.92 Å². The van der Waals surface area contributed by atoms with Crippen LogP contribution in [0.1, 0.15) is 45.6 Å². The number of hydrogen-bond acceptors (Lipinski definition) is 2. The molecule has 0 amide bonds. The molecule has 1 rings (SSSR count). The monoisotopic (exact) mass is 263 g/mol. The van der Waals surface area contributed by atoms with Crippen LogP contribution in [0.4, 0.5) is 0 Å². The molecule has 0 aromatic heterocycles. The summed E-state index contributed by atoms with van der Waals surface area (Å²) in [6.07, 6.45) is 4.70. The van der Waals surface area contributed by atoms with Gasteiger partial charge in [-0.3, -0.25) is 0 Å². The van der Waals surface area contributed by atoms with Gasteiger partial charge in [0.1, 0.15) is 5.75 Å². The molecule has 1 atom stereocenters. The lowest BCUT2D eigenvalue weighted by Gasteiger charge is -2.21. The maximum absolute atomic E-state index is 5.42. The summed E-state index contributed by atoms with van der Waals surface area (Å²) in [6, 6.07) is 8.96. The third-order valence-electron chi connectivity index (χ3n) is 3.39. The Morgan fingerprint density at radius 2 is 1.95 bits per heavy atom. The second-order valence-corrected chi connectivity index (χ2v) is 5.63. The fourth-order valence-corrected chi connectivity index (χ4v) is 2.46. The molecular weight excluding hydrogens is 234 g/mol. The second-order valence-electron chi connectivity index (χ2n) is 5.63. The van der Waals surface area contributed by atoms with Crippen LogP contribution in [0.2, 0.25) is 0 Å². The maximum Gasteiger partial charge on any atom is 0.122 e. The van der Waals surface area contributed by atoms with Gasteiger partial charge >= 0.3 is 0 Å². The van der Waals surface area contributed by atoms with Gasteiger partial charge in [-0.2, -0.15) is 0 Å². The first-order valence-electron chi connectivity index (χ1n) is 7.52. The molecule has 0 radical (unpaired) electrons. The van der Waals surface area contributed by atoms with Crippen LogP contribution in [-0.4, -0.2) is 19.7 Å². The number of aryl methyl sites for hydroxylation is 1. The molecule has 2 nitrogen and oxygen atoms in total. The van der Waals surface area contributed by atoms with Gasteiger partial charge in [-0.05, 0) is 49.8 Å². The first-order valence-corrected chi connectivity index (χ1v) is 7.52. The zero-order valence-corrected chi connectivity index (χ0v) is 12.9. The summed E-state index contributed by atoms with van der Waals surface area (Å²) >= 11 is 0. The Labute approximate surface area is 118 Å². The Hall–Kier alpha value is -1.02. The van der Waals surface area contributed by atoms with E-state index in [1.165, 1.54) is 24.8 Å². The van der Waals surface area contributed by atoms with Gasteiger partial charge < -0.3 is 10.1 Å². The molecule has 0 spiro atoms. The molecule has 0 aliphatic rings. The topological polar surface area (TPSA) is 21.3 Å². The van der Waals surface area contributed by atoms with Crippen LogP contribution in [0.5, 0.6) is 5.75 Å². The summed E-state index contributed by atoms with van der Waals surface area (Å²) in [4.78, 5) is 0. The number of hydrogen-bond donors (Lipinski definition) is 1. The van der Waals surface area contributed by atoms with E-state index in [2.05, 4.69) is 38.2 Å². The Balaban J connectivity index is 2.54. The number of para-hydroxylation sites is 1. The van der Waals surface area contributed by atoms with E-state index in [1.807, 2.05) is 12.1 Å². The lowest BCUT2D eigenvalue weighted by atomic mass is 9.97. The first kappa shape index (κ1) is 16.0. The minimum atomic E-state index is 0.616. The van der Waals surface area contributed by atoms with Crippen LogP contribution in [0.15, 0.2) is 24.3 Å². The average Bonchev–Trinajstić information content (AvgIpc) is 2.41. The van der Waals surface area contributed by atoms with Crippen molar-refractivity contribution >= 4 is 0 Å². The minimum Gasteiger partial charge on any atom is -0.496 e. The Morgan fingerprint density at radius 1 is 1.21 bits per heavy atom. The summed E-state index contributed by atoms with van der Waals surface area (Å²) in [6.45, 7) is 7.93. The Bertz CT molecular complexity index is 349. The zero-order chi connectivity index (χ0) is 14.1. The number of benzene rings is 1. The summed E-state index contributed by atoms with van der Waals surface area (Å²) in [5, 5.41) is 3.67.